The number of hydrogen-bond acceptors (Lipinski definition) is 2. The van der Waals surface area contributed by atoms with Crippen LogP contribution < -0.4 is 5.32 Å². The van der Waals surface area contributed by atoms with E-state index in [1.807, 2.05) is 0 Å². The molecular formula is C17H26N2. The smallest absolute Gasteiger partial charge is 0.0295 e. The van der Waals surface area contributed by atoms with Gasteiger partial charge in [0.05, 0.1) is 0 Å². The zero-order chi connectivity index (χ0) is 13.2. The molecule has 3 rings (SSSR count). The number of hydrogen-bond donors (Lipinski definition) is 1. The van der Waals surface area contributed by atoms with Crippen LogP contribution in [0.3, 0.4) is 0 Å². The number of piperidine rings is 1. The number of nitrogens with zero attached hydrogens (tertiary/aromatic N) is 1. The Morgan fingerprint density at radius 3 is 2.95 bits per heavy atom. The van der Waals surface area contributed by atoms with Gasteiger partial charge in [-0.2, -0.15) is 0 Å². The minimum absolute atomic E-state index is 0.465. The molecule has 2 aliphatic rings. The van der Waals surface area contributed by atoms with Crippen LogP contribution in [-0.4, -0.2) is 30.1 Å². The highest BCUT2D eigenvalue weighted by Crippen LogP contribution is 2.28. The molecule has 19 heavy (non-hydrogen) atoms. The van der Waals surface area contributed by atoms with Crippen LogP contribution >= 0.6 is 0 Å². The number of nitrogens with one attached hydrogen (secondary N) is 1. The molecule has 2 heterocycles. The molecule has 0 saturated carbocycles. The number of aryl methyl sites for hydroxylation is 1. The average Bonchev–Trinajstić information content (AvgIpc) is 2.82. The largest absolute Gasteiger partial charge is 0.306 e. The predicted octanol–water partition coefficient (Wildman–Crippen LogP) is 3.27. The van der Waals surface area contributed by atoms with E-state index in [9.17, 15) is 0 Å². The number of rotatable bonds is 3. The Kier molecular flexibility index (Phi) is 3.90. The van der Waals surface area contributed by atoms with Gasteiger partial charge >= 0.3 is 0 Å². The van der Waals surface area contributed by atoms with Crippen molar-refractivity contribution in [3.05, 3.63) is 35.4 Å². The Balaban J connectivity index is 1.65. The molecule has 1 aromatic carbocycles. The monoisotopic (exact) mass is 258 g/mol. The van der Waals surface area contributed by atoms with Gasteiger partial charge < -0.3 is 5.32 Å². The summed E-state index contributed by atoms with van der Waals surface area (Å²) >= 11 is 0. The summed E-state index contributed by atoms with van der Waals surface area (Å²) in [5, 5.41) is 3.88. The van der Waals surface area contributed by atoms with Crippen LogP contribution in [0.4, 0.5) is 0 Å². The molecule has 104 valence electrons. The molecule has 0 amide bonds. The lowest BCUT2D eigenvalue weighted by atomic mass is 9.97. The first-order valence-electron chi connectivity index (χ1n) is 7.81. The molecular weight excluding hydrogens is 232 g/mol. The SMILES string of the molecule is Cc1cccc([C@@H](C)NC2CCN3CCCCC23)c1. The van der Waals surface area contributed by atoms with Crippen molar-refractivity contribution in [3.8, 4) is 0 Å². The second-order valence-electron chi connectivity index (χ2n) is 6.30. The van der Waals surface area contributed by atoms with Crippen molar-refractivity contribution in [3.63, 3.8) is 0 Å². The van der Waals surface area contributed by atoms with E-state index in [-0.39, 0.29) is 0 Å². The lowest BCUT2D eigenvalue weighted by Crippen LogP contribution is -2.45. The van der Waals surface area contributed by atoms with E-state index in [0.717, 1.165) is 6.04 Å². The Hall–Kier alpha value is -0.860. The van der Waals surface area contributed by atoms with Crippen LogP contribution in [0.5, 0.6) is 0 Å². The van der Waals surface area contributed by atoms with E-state index in [2.05, 4.69) is 48.3 Å². The van der Waals surface area contributed by atoms with Gasteiger partial charge in [-0.05, 0) is 45.2 Å². The van der Waals surface area contributed by atoms with E-state index in [1.54, 1.807) is 0 Å². The molecule has 0 bridgehead atoms. The summed E-state index contributed by atoms with van der Waals surface area (Å²) in [4.78, 5) is 2.70. The van der Waals surface area contributed by atoms with Gasteiger partial charge in [0, 0.05) is 24.7 Å². The predicted molar refractivity (Wildman–Crippen MR) is 80.3 cm³/mol. The van der Waals surface area contributed by atoms with E-state index in [0.29, 0.717) is 12.1 Å². The summed E-state index contributed by atoms with van der Waals surface area (Å²) in [5.41, 5.74) is 2.78. The normalized spacial score (nSPS) is 29.2. The van der Waals surface area contributed by atoms with Crippen molar-refractivity contribution in [1.29, 1.82) is 0 Å². The molecule has 1 aromatic rings. The molecule has 0 radical (unpaired) electrons. The van der Waals surface area contributed by atoms with Crippen LogP contribution in [0.15, 0.2) is 24.3 Å². The summed E-state index contributed by atoms with van der Waals surface area (Å²) in [5.74, 6) is 0. The molecule has 2 nitrogen and oxygen atoms in total. The maximum absolute atomic E-state index is 3.88. The summed E-state index contributed by atoms with van der Waals surface area (Å²) in [6.45, 7) is 7.10. The molecule has 0 spiro atoms. The van der Waals surface area contributed by atoms with Crippen LogP contribution in [0.2, 0.25) is 0 Å². The molecule has 0 aromatic heterocycles. The first-order chi connectivity index (χ1) is 9.24. The molecule has 2 aliphatic heterocycles. The second kappa shape index (κ2) is 5.64. The summed E-state index contributed by atoms with van der Waals surface area (Å²) in [7, 11) is 0. The minimum Gasteiger partial charge on any atom is -0.306 e. The average molecular weight is 258 g/mol. The van der Waals surface area contributed by atoms with E-state index in [4.69, 9.17) is 0 Å². The highest BCUT2D eigenvalue weighted by molar-refractivity contribution is 5.24. The molecule has 0 aliphatic carbocycles. The van der Waals surface area contributed by atoms with Crippen molar-refractivity contribution in [2.24, 2.45) is 0 Å². The van der Waals surface area contributed by atoms with Gasteiger partial charge in [-0.1, -0.05) is 36.2 Å². The molecule has 2 heteroatoms. The molecule has 2 fully saturated rings. The number of benzene rings is 1. The van der Waals surface area contributed by atoms with Crippen molar-refractivity contribution in [2.45, 2.75) is 57.7 Å². The quantitative estimate of drug-likeness (QED) is 0.895. The van der Waals surface area contributed by atoms with Gasteiger partial charge in [-0.3, -0.25) is 4.90 Å². The first-order valence-corrected chi connectivity index (χ1v) is 7.81. The zero-order valence-corrected chi connectivity index (χ0v) is 12.2. The summed E-state index contributed by atoms with van der Waals surface area (Å²) in [6.07, 6.45) is 5.52. The van der Waals surface area contributed by atoms with Crippen molar-refractivity contribution < 1.29 is 0 Å². The lowest BCUT2D eigenvalue weighted by molar-refractivity contribution is 0.177. The van der Waals surface area contributed by atoms with Gasteiger partial charge in [0.2, 0.25) is 0 Å². The van der Waals surface area contributed by atoms with Crippen molar-refractivity contribution in [1.82, 2.24) is 10.2 Å². The van der Waals surface area contributed by atoms with Crippen LogP contribution in [0, 0.1) is 6.92 Å². The Labute approximate surface area is 117 Å². The van der Waals surface area contributed by atoms with Crippen LogP contribution in [-0.2, 0) is 0 Å². The molecule has 1 N–H and O–H groups in total. The van der Waals surface area contributed by atoms with Crippen LogP contribution in [0.1, 0.15) is 49.8 Å². The van der Waals surface area contributed by atoms with Gasteiger partial charge in [-0.15, -0.1) is 0 Å². The maximum atomic E-state index is 3.88. The Bertz CT molecular complexity index is 429. The van der Waals surface area contributed by atoms with E-state index in [1.165, 1.54) is 49.9 Å². The standard InChI is InChI=1S/C17H26N2/c1-13-6-5-7-15(12-13)14(2)18-16-9-11-19-10-4-3-8-17(16)19/h5-7,12,14,16-18H,3-4,8-11H2,1-2H3/t14-,16?,17?/m1/s1. The topological polar surface area (TPSA) is 15.3 Å². The third-order valence-corrected chi connectivity index (χ3v) is 4.86. The van der Waals surface area contributed by atoms with Gasteiger partial charge in [-0.25, -0.2) is 0 Å². The van der Waals surface area contributed by atoms with Crippen molar-refractivity contribution in [2.75, 3.05) is 13.1 Å². The fourth-order valence-corrected chi connectivity index (χ4v) is 3.80. The van der Waals surface area contributed by atoms with Crippen molar-refractivity contribution >= 4 is 0 Å². The highest BCUT2D eigenvalue weighted by Gasteiger charge is 2.35. The maximum Gasteiger partial charge on any atom is 0.0295 e. The van der Waals surface area contributed by atoms with Crippen LogP contribution in [0.25, 0.3) is 0 Å². The third kappa shape index (κ3) is 2.85. The van der Waals surface area contributed by atoms with Gasteiger partial charge in [0.25, 0.3) is 0 Å². The third-order valence-electron chi connectivity index (χ3n) is 4.86. The second-order valence-corrected chi connectivity index (χ2v) is 6.30. The Morgan fingerprint density at radius 1 is 1.21 bits per heavy atom. The fourth-order valence-electron chi connectivity index (χ4n) is 3.80. The molecule has 2 unspecified atom stereocenters. The lowest BCUT2D eigenvalue weighted by Gasteiger charge is -2.34. The van der Waals surface area contributed by atoms with E-state index >= 15 is 0 Å². The van der Waals surface area contributed by atoms with Gasteiger partial charge in [0.1, 0.15) is 0 Å². The molecule has 2 saturated heterocycles. The molecule has 3 atom stereocenters. The Morgan fingerprint density at radius 2 is 2.11 bits per heavy atom. The number of fused-ring (bicyclic) bond motifs is 1. The zero-order valence-electron chi connectivity index (χ0n) is 12.2. The van der Waals surface area contributed by atoms with E-state index < -0.39 is 0 Å². The summed E-state index contributed by atoms with van der Waals surface area (Å²) < 4.78 is 0. The fraction of sp³-hybridized carbons (Fsp3) is 0.647. The van der Waals surface area contributed by atoms with Gasteiger partial charge in [0.15, 0.2) is 0 Å². The minimum atomic E-state index is 0.465. The summed E-state index contributed by atoms with van der Waals surface area (Å²) in [6, 6.07) is 10.9. The highest BCUT2D eigenvalue weighted by atomic mass is 15.2. The first kappa shape index (κ1) is 13.1.